The van der Waals surface area contributed by atoms with Crippen molar-refractivity contribution in [3.05, 3.63) is 0 Å². The van der Waals surface area contributed by atoms with Crippen LogP contribution >= 0.6 is 0 Å². The molecule has 0 aromatic carbocycles. The monoisotopic (exact) mass is 333 g/mol. The van der Waals surface area contributed by atoms with E-state index < -0.39 is 48.8 Å². The maximum Gasteiger partial charge on any atom is 0.163 e. The highest BCUT2D eigenvalue weighted by molar-refractivity contribution is 4.97. The molecule has 2 aliphatic rings. The smallest absolute Gasteiger partial charge is 0.163 e. The van der Waals surface area contributed by atoms with Crippen molar-refractivity contribution in [3.8, 4) is 0 Å². The lowest BCUT2D eigenvalue weighted by Gasteiger charge is -2.46. The molecule has 2 rings (SSSR count). The Balaban J connectivity index is 2.08. The van der Waals surface area contributed by atoms with Gasteiger partial charge < -0.3 is 41.6 Å². The summed E-state index contributed by atoms with van der Waals surface area (Å²) in [5.41, 5.74) is 12.1. The highest BCUT2D eigenvalue weighted by Gasteiger charge is 2.46. The molecule has 1 aliphatic carbocycles. The summed E-state index contributed by atoms with van der Waals surface area (Å²) in [6, 6.07) is -0.576. The van der Waals surface area contributed by atoms with Gasteiger partial charge in [-0.25, -0.2) is 0 Å². The van der Waals surface area contributed by atoms with Crippen LogP contribution < -0.4 is 16.8 Å². The second kappa shape index (κ2) is 7.71. The number of nitrogens with one attached hydrogen (secondary N) is 1. The van der Waals surface area contributed by atoms with Gasteiger partial charge in [-0.2, -0.15) is 0 Å². The zero-order valence-electron chi connectivity index (χ0n) is 14.0. The molecule has 1 saturated heterocycles. The molecule has 8 heteroatoms. The van der Waals surface area contributed by atoms with Gasteiger partial charge in [-0.3, -0.25) is 0 Å². The predicted octanol–water partition coefficient (Wildman–Crippen LogP) is -2.27. The normalized spacial score (nSPS) is 51.7. The topological polar surface area (TPSA) is 143 Å². The quantitative estimate of drug-likeness (QED) is 0.338. The number of aliphatic hydroxyl groups excluding tert-OH is 3. The first-order valence-electron chi connectivity index (χ1n) is 8.28. The van der Waals surface area contributed by atoms with Gasteiger partial charge in [0.25, 0.3) is 0 Å². The summed E-state index contributed by atoms with van der Waals surface area (Å²) in [6.07, 6.45) is -4.16. The van der Waals surface area contributed by atoms with Crippen LogP contribution in [-0.4, -0.2) is 77.8 Å². The number of rotatable bonds is 4. The molecule has 1 saturated carbocycles. The van der Waals surface area contributed by atoms with Gasteiger partial charge in [0.15, 0.2) is 6.29 Å². The summed E-state index contributed by atoms with van der Waals surface area (Å²) in [5, 5.41) is 33.6. The fraction of sp³-hybridized carbons (Fsp3) is 1.00. The van der Waals surface area contributed by atoms with Crippen molar-refractivity contribution in [1.29, 1.82) is 0 Å². The Morgan fingerprint density at radius 3 is 2.30 bits per heavy atom. The Hall–Kier alpha value is -0.320. The predicted molar refractivity (Wildman–Crippen MR) is 84.4 cm³/mol. The van der Waals surface area contributed by atoms with Crippen molar-refractivity contribution in [1.82, 2.24) is 5.32 Å². The van der Waals surface area contributed by atoms with E-state index in [0.29, 0.717) is 13.0 Å². The molecule has 0 aromatic rings. The van der Waals surface area contributed by atoms with Gasteiger partial charge in [-0.1, -0.05) is 13.8 Å². The van der Waals surface area contributed by atoms with Crippen LogP contribution in [0.1, 0.15) is 20.3 Å². The lowest BCUT2D eigenvalue weighted by molar-refractivity contribution is -0.301. The first-order valence-corrected chi connectivity index (χ1v) is 8.28. The zero-order chi connectivity index (χ0) is 17.3. The van der Waals surface area contributed by atoms with Crippen molar-refractivity contribution in [3.63, 3.8) is 0 Å². The number of likely N-dealkylation sites (N-methyl/N-ethyl adjacent to an activating group) is 1. The summed E-state index contributed by atoms with van der Waals surface area (Å²) >= 11 is 0. The van der Waals surface area contributed by atoms with Crippen LogP contribution in [0, 0.1) is 11.8 Å². The fourth-order valence-electron chi connectivity index (χ4n) is 3.40. The number of hydrogen-bond donors (Lipinski definition) is 6. The van der Waals surface area contributed by atoms with Crippen molar-refractivity contribution in [2.24, 2.45) is 23.3 Å². The number of hydrogen-bond acceptors (Lipinski definition) is 8. The Labute approximate surface area is 137 Å². The zero-order valence-corrected chi connectivity index (χ0v) is 14.0. The van der Waals surface area contributed by atoms with E-state index in [0.717, 1.165) is 0 Å². The summed E-state index contributed by atoms with van der Waals surface area (Å²) in [4.78, 5) is 0. The molecule has 23 heavy (non-hydrogen) atoms. The molecule has 0 bridgehead atoms. The van der Waals surface area contributed by atoms with E-state index in [1.807, 2.05) is 6.92 Å². The molecule has 1 aliphatic heterocycles. The van der Waals surface area contributed by atoms with Gasteiger partial charge in [0, 0.05) is 24.5 Å². The Bertz CT molecular complexity index is 388. The fourth-order valence-corrected chi connectivity index (χ4v) is 3.40. The minimum Gasteiger partial charge on any atom is -0.390 e. The molecule has 8 N–H and O–H groups in total. The first-order chi connectivity index (χ1) is 10.8. The van der Waals surface area contributed by atoms with E-state index in [-0.39, 0.29) is 12.0 Å². The average molecular weight is 333 g/mol. The lowest BCUT2D eigenvalue weighted by Crippen LogP contribution is -2.62. The molecule has 0 spiro atoms. The maximum absolute atomic E-state index is 10.4. The van der Waals surface area contributed by atoms with E-state index in [4.69, 9.17) is 20.9 Å². The van der Waals surface area contributed by atoms with E-state index >= 15 is 0 Å². The molecule has 0 aromatic heterocycles. The van der Waals surface area contributed by atoms with E-state index in [9.17, 15) is 15.3 Å². The number of ether oxygens (including phenoxy) is 2. The first kappa shape index (κ1) is 19.0. The van der Waals surface area contributed by atoms with Gasteiger partial charge >= 0.3 is 0 Å². The van der Waals surface area contributed by atoms with Crippen LogP contribution in [0.5, 0.6) is 0 Å². The van der Waals surface area contributed by atoms with Crippen LogP contribution in [0.3, 0.4) is 0 Å². The third kappa shape index (κ3) is 3.85. The largest absolute Gasteiger partial charge is 0.390 e. The lowest BCUT2D eigenvalue weighted by atomic mass is 9.79. The second-order valence-corrected chi connectivity index (χ2v) is 6.95. The molecule has 0 radical (unpaired) electrons. The number of nitrogens with two attached hydrogens (primary N) is 2. The van der Waals surface area contributed by atoms with Crippen molar-refractivity contribution in [2.75, 3.05) is 13.6 Å². The summed E-state index contributed by atoms with van der Waals surface area (Å²) in [5.74, 6) is -0.578. The molecular formula is C15H31N3O5. The van der Waals surface area contributed by atoms with E-state index in [1.54, 1.807) is 14.0 Å². The molecule has 8 nitrogen and oxygen atoms in total. The highest BCUT2D eigenvalue weighted by atomic mass is 16.7. The van der Waals surface area contributed by atoms with Crippen LogP contribution in [0.25, 0.3) is 0 Å². The van der Waals surface area contributed by atoms with Gasteiger partial charge in [-0.05, 0) is 19.4 Å². The number of aliphatic hydroxyl groups is 3. The van der Waals surface area contributed by atoms with Crippen LogP contribution in [-0.2, 0) is 9.47 Å². The van der Waals surface area contributed by atoms with Gasteiger partial charge in [0.1, 0.15) is 18.3 Å². The van der Waals surface area contributed by atoms with Crippen molar-refractivity contribution in [2.45, 2.75) is 69.2 Å². The van der Waals surface area contributed by atoms with Gasteiger partial charge in [-0.15, -0.1) is 0 Å². The summed E-state index contributed by atoms with van der Waals surface area (Å²) < 4.78 is 11.7. The summed E-state index contributed by atoms with van der Waals surface area (Å²) in [7, 11) is 1.74. The average Bonchev–Trinajstić information content (AvgIpc) is 2.51. The minimum atomic E-state index is -0.991. The molecule has 1 heterocycles. The Morgan fingerprint density at radius 2 is 1.70 bits per heavy atom. The Morgan fingerprint density at radius 1 is 1.04 bits per heavy atom. The molecule has 10 atom stereocenters. The standard InChI is InChI=1S/C15H31N3O5/c1-6-8(16)4-9(17)14(12(6)20)23-15-7(2)11(19)13(21)10(22-15)5-18-3/h6-15,18-21H,4-5,16-17H2,1-3H3/t6-,7+,8+,9?,10?,11?,12?,13+,14+,15+/m1/s1. The Kier molecular flexibility index (Phi) is 6.37. The van der Waals surface area contributed by atoms with Gasteiger partial charge in [0.05, 0.1) is 12.2 Å². The van der Waals surface area contributed by atoms with E-state index in [1.165, 1.54) is 0 Å². The third-order valence-corrected chi connectivity index (χ3v) is 5.22. The molecule has 2 fully saturated rings. The third-order valence-electron chi connectivity index (χ3n) is 5.22. The van der Waals surface area contributed by atoms with Gasteiger partial charge in [0.2, 0.25) is 0 Å². The van der Waals surface area contributed by atoms with Crippen molar-refractivity contribution >= 4 is 0 Å². The SMILES string of the molecule is CNCC1O[C@@H](O[C@H]2C(N)C[C@H](N)[C@@H](C)C2O)[C@@H](C)C(O)[C@H]1O. The second-order valence-electron chi connectivity index (χ2n) is 6.95. The van der Waals surface area contributed by atoms with Crippen LogP contribution in [0.2, 0.25) is 0 Å². The highest BCUT2D eigenvalue weighted by Crippen LogP contribution is 2.32. The van der Waals surface area contributed by atoms with Crippen LogP contribution in [0.15, 0.2) is 0 Å². The maximum atomic E-state index is 10.4. The molecule has 136 valence electrons. The summed E-state index contributed by atoms with van der Waals surface area (Å²) in [6.45, 7) is 3.99. The van der Waals surface area contributed by atoms with E-state index in [2.05, 4.69) is 5.32 Å². The minimum absolute atomic E-state index is 0.137. The molecule has 0 amide bonds. The molecular weight excluding hydrogens is 302 g/mol. The van der Waals surface area contributed by atoms with Crippen molar-refractivity contribution < 1.29 is 24.8 Å². The molecule has 4 unspecified atom stereocenters. The van der Waals surface area contributed by atoms with Crippen LogP contribution in [0.4, 0.5) is 0 Å².